The largest absolute Gasteiger partial charge is 0.440 e. The molecule has 0 heterocycles. The van der Waals surface area contributed by atoms with Crippen molar-refractivity contribution in [1.29, 1.82) is 0 Å². The average molecular weight is 283 g/mol. The van der Waals surface area contributed by atoms with E-state index in [-0.39, 0.29) is 5.56 Å². The normalized spacial score (nSPS) is 12.9. The van der Waals surface area contributed by atoms with Gasteiger partial charge in [-0.05, 0) is 25.1 Å². The van der Waals surface area contributed by atoms with Crippen molar-refractivity contribution < 1.29 is 31.5 Å². The SMILES string of the molecule is CC(NC(=O)OCC(F)(F)F)c1cc(F)ccc1F. The van der Waals surface area contributed by atoms with Crippen LogP contribution < -0.4 is 5.32 Å². The number of alkyl carbamates (subject to hydrolysis) is 1. The molecule has 3 nitrogen and oxygen atoms in total. The molecule has 1 aromatic carbocycles. The maximum atomic E-state index is 13.3. The number of carbonyl (C=O) groups is 1. The van der Waals surface area contributed by atoms with Gasteiger partial charge in [0.15, 0.2) is 6.61 Å². The fourth-order valence-electron chi connectivity index (χ4n) is 1.29. The summed E-state index contributed by atoms with van der Waals surface area (Å²) in [5, 5.41) is 1.97. The molecule has 0 fully saturated rings. The molecule has 0 bridgehead atoms. The smallest absolute Gasteiger partial charge is 0.422 e. The van der Waals surface area contributed by atoms with Crippen LogP contribution in [-0.4, -0.2) is 18.9 Å². The molecule has 1 unspecified atom stereocenters. The quantitative estimate of drug-likeness (QED) is 0.864. The van der Waals surface area contributed by atoms with Crippen LogP contribution in [0.25, 0.3) is 0 Å². The van der Waals surface area contributed by atoms with Gasteiger partial charge in [0.1, 0.15) is 11.6 Å². The lowest BCUT2D eigenvalue weighted by Gasteiger charge is -2.15. The Kier molecular flexibility index (Phi) is 4.68. The van der Waals surface area contributed by atoms with Crippen molar-refractivity contribution >= 4 is 6.09 Å². The van der Waals surface area contributed by atoms with Crippen LogP contribution in [0.2, 0.25) is 0 Å². The second-order valence-corrected chi connectivity index (χ2v) is 3.72. The first-order chi connectivity index (χ1) is 8.69. The second-order valence-electron chi connectivity index (χ2n) is 3.72. The Hall–Kier alpha value is -1.86. The van der Waals surface area contributed by atoms with Gasteiger partial charge in [-0.25, -0.2) is 13.6 Å². The average Bonchev–Trinajstić information content (AvgIpc) is 2.28. The highest BCUT2D eigenvalue weighted by atomic mass is 19.4. The number of carbonyl (C=O) groups excluding carboxylic acids is 1. The minimum Gasteiger partial charge on any atom is -0.440 e. The molecular formula is C11H10F5NO2. The third-order valence-electron chi connectivity index (χ3n) is 2.13. The fourth-order valence-corrected chi connectivity index (χ4v) is 1.29. The Labute approximate surface area is 105 Å². The molecule has 1 rings (SSSR count). The summed E-state index contributed by atoms with van der Waals surface area (Å²) in [5.74, 6) is -1.52. The first-order valence-corrected chi connectivity index (χ1v) is 5.14. The second kappa shape index (κ2) is 5.85. The number of amides is 1. The van der Waals surface area contributed by atoms with Crippen molar-refractivity contribution in [3.05, 3.63) is 35.4 Å². The van der Waals surface area contributed by atoms with Gasteiger partial charge in [0, 0.05) is 5.56 Å². The van der Waals surface area contributed by atoms with Crippen LogP contribution in [-0.2, 0) is 4.74 Å². The molecule has 0 aliphatic carbocycles. The molecule has 1 aromatic rings. The molecule has 8 heteroatoms. The highest BCUT2D eigenvalue weighted by molar-refractivity contribution is 5.67. The van der Waals surface area contributed by atoms with Crippen molar-refractivity contribution in [2.45, 2.75) is 19.1 Å². The Balaban J connectivity index is 2.61. The Morgan fingerprint density at radius 1 is 1.37 bits per heavy atom. The first-order valence-electron chi connectivity index (χ1n) is 5.14. The standard InChI is InChI=1S/C11H10F5NO2/c1-6(8-4-7(12)2-3-9(8)13)17-10(18)19-5-11(14,15)16/h2-4,6H,5H2,1H3,(H,17,18). The molecule has 0 saturated carbocycles. The number of rotatable bonds is 3. The Morgan fingerprint density at radius 3 is 2.58 bits per heavy atom. The van der Waals surface area contributed by atoms with Crippen LogP contribution in [0.3, 0.4) is 0 Å². The van der Waals surface area contributed by atoms with Gasteiger partial charge < -0.3 is 10.1 Å². The van der Waals surface area contributed by atoms with Gasteiger partial charge in [0.05, 0.1) is 6.04 Å². The molecule has 0 radical (unpaired) electrons. The number of ether oxygens (including phenoxy) is 1. The Morgan fingerprint density at radius 2 is 2.00 bits per heavy atom. The summed E-state index contributed by atoms with van der Waals surface area (Å²) in [5.41, 5.74) is -0.191. The first kappa shape index (κ1) is 15.2. The summed E-state index contributed by atoms with van der Waals surface area (Å²) in [6, 6.07) is 1.54. The monoisotopic (exact) mass is 283 g/mol. The molecule has 19 heavy (non-hydrogen) atoms. The zero-order valence-electron chi connectivity index (χ0n) is 9.72. The third-order valence-corrected chi connectivity index (χ3v) is 2.13. The molecule has 0 aromatic heterocycles. The number of halogens is 5. The van der Waals surface area contributed by atoms with Crippen LogP contribution in [0.1, 0.15) is 18.5 Å². The Bertz CT molecular complexity index is 461. The zero-order valence-corrected chi connectivity index (χ0v) is 9.72. The van der Waals surface area contributed by atoms with Crippen LogP contribution >= 0.6 is 0 Å². The van der Waals surface area contributed by atoms with Gasteiger partial charge in [-0.1, -0.05) is 0 Å². The van der Waals surface area contributed by atoms with E-state index in [2.05, 4.69) is 4.74 Å². The highest BCUT2D eigenvalue weighted by Crippen LogP contribution is 2.19. The van der Waals surface area contributed by atoms with Crippen LogP contribution in [0, 0.1) is 11.6 Å². The lowest BCUT2D eigenvalue weighted by molar-refractivity contribution is -0.160. The minimum atomic E-state index is -4.65. The molecule has 0 spiro atoms. The number of benzene rings is 1. The fraction of sp³-hybridized carbons (Fsp3) is 0.364. The predicted molar refractivity (Wildman–Crippen MR) is 55.3 cm³/mol. The molecule has 1 atom stereocenters. The molecule has 0 saturated heterocycles. The molecule has 1 amide bonds. The van der Waals surface area contributed by atoms with Crippen molar-refractivity contribution in [3.63, 3.8) is 0 Å². The summed E-state index contributed by atoms with van der Waals surface area (Å²) in [7, 11) is 0. The van der Waals surface area contributed by atoms with Crippen molar-refractivity contribution in [2.75, 3.05) is 6.61 Å². The van der Waals surface area contributed by atoms with E-state index in [1.54, 1.807) is 0 Å². The zero-order chi connectivity index (χ0) is 14.6. The van der Waals surface area contributed by atoms with E-state index in [1.165, 1.54) is 6.92 Å². The van der Waals surface area contributed by atoms with Crippen molar-refractivity contribution in [1.82, 2.24) is 5.32 Å². The summed E-state index contributed by atoms with van der Waals surface area (Å²) < 4.78 is 65.4. The van der Waals surface area contributed by atoms with Gasteiger partial charge in [0.2, 0.25) is 0 Å². The van der Waals surface area contributed by atoms with Crippen molar-refractivity contribution in [3.8, 4) is 0 Å². The maximum Gasteiger partial charge on any atom is 0.422 e. The summed E-state index contributed by atoms with van der Waals surface area (Å²) in [4.78, 5) is 11.0. The van der Waals surface area contributed by atoms with Crippen LogP contribution in [0.15, 0.2) is 18.2 Å². The molecule has 1 N–H and O–H groups in total. The van der Waals surface area contributed by atoms with E-state index in [9.17, 15) is 26.7 Å². The van der Waals surface area contributed by atoms with Crippen LogP contribution in [0.4, 0.5) is 26.7 Å². The lowest BCUT2D eigenvalue weighted by atomic mass is 10.1. The van der Waals surface area contributed by atoms with E-state index in [0.717, 1.165) is 18.2 Å². The van der Waals surface area contributed by atoms with E-state index in [1.807, 2.05) is 5.32 Å². The highest BCUT2D eigenvalue weighted by Gasteiger charge is 2.30. The molecule has 0 aliphatic rings. The van der Waals surface area contributed by atoms with Crippen molar-refractivity contribution in [2.24, 2.45) is 0 Å². The van der Waals surface area contributed by atoms with E-state index < -0.39 is 36.6 Å². The molecular weight excluding hydrogens is 273 g/mol. The van der Waals surface area contributed by atoms with Crippen LogP contribution in [0.5, 0.6) is 0 Å². The number of hydrogen-bond acceptors (Lipinski definition) is 2. The lowest BCUT2D eigenvalue weighted by Crippen LogP contribution is -2.31. The van der Waals surface area contributed by atoms with Gasteiger partial charge in [0.25, 0.3) is 0 Å². The van der Waals surface area contributed by atoms with Gasteiger partial charge in [-0.3, -0.25) is 0 Å². The number of hydrogen-bond donors (Lipinski definition) is 1. The van der Waals surface area contributed by atoms with Gasteiger partial charge in [-0.2, -0.15) is 13.2 Å². The van der Waals surface area contributed by atoms with E-state index in [4.69, 9.17) is 0 Å². The maximum absolute atomic E-state index is 13.3. The third kappa shape index (κ3) is 5.11. The summed E-state index contributed by atoms with van der Waals surface area (Å²) in [6.07, 6.45) is -6.02. The number of alkyl halides is 3. The van der Waals surface area contributed by atoms with E-state index >= 15 is 0 Å². The topological polar surface area (TPSA) is 38.3 Å². The van der Waals surface area contributed by atoms with E-state index in [0.29, 0.717) is 0 Å². The van der Waals surface area contributed by atoms with Gasteiger partial charge >= 0.3 is 12.3 Å². The summed E-state index contributed by atoms with van der Waals surface area (Å²) >= 11 is 0. The number of nitrogens with one attached hydrogen (secondary N) is 1. The summed E-state index contributed by atoms with van der Waals surface area (Å²) in [6.45, 7) is -0.468. The molecule has 106 valence electrons. The molecule has 0 aliphatic heterocycles. The van der Waals surface area contributed by atoms with Gasteiger partial charge in [-0.15, -0.1) is 0 Å². The minimum absolute atomic E-state index is 0.191. The predicted octanol–water partition coefficient (Wildman–Crippen LogP) is 3.31.